The third-order valence-corrected chi connectivity index (χ3v) is 6.40. The second kappa shape index (κ2) is 11.9. The van der Waals surface area contributed by atoms with Gasteiger partial charge in [0.15, 0.2) is 0 Å². The number of nitrogens with zero attached hydrogens (tertiary/aromatic N) is 1. The van der Waals surface area contributed by atoms with Crippen LogP contribution in [0.2, 0.25) is 0 Å². The quantitative estimate of drug-likeness (QED) is 0.166. The molecule has 198 valence electrons. The van der Waals surface area contributed by atoms with Crippen LogP contribution in [0.1, 0.15) is 28.2 Å². The Balaban J connectivity index is 1.32. The van der Waals surface area contributed by atoms with Crippen molar-refractivity contribution in [2.75, 3.05) is 7.11 Å². The van der Waals surface area contributed by atoms with Crippen molar-refractivity contribution in [1.29, 1.82) is 5.26 Å². The molecular weight excluding hydrogens is 504 g/mol. The number of methoxy groups -OCH3 is 1. The molecular formula is C33H26N2O5. The number of hydrogen-bond donors (Lipinski definition) is 1. The van der Waals surface area contributed by atoms with Crippen molar-refractivity contribution in [2.24, 2.45) is 5.73 Å². The Hall–Kier alpha value is -5.48. The molecule has 40 heavy (non-hydrogen) atoms. The zero-order chi connectivity index (χ0) is 27.9. The summed E-state index contributed by atoms with van der Waals surface area (Å²) in [5.74, 6) is 1.15. The molecule has 1 aliphatic heterocycles. The smallest absolute Gasteiger partial charge is 0.336 e. The molecule has 5 rings (SSSR count). The monoisotopic (exact) mass is 530 g/mol. The van der Waals surface area contributed by atoms with Gasteiger partial charge in [-0.3, -0.25) is 0 Å². The summed E-state index contributed by atoms with van der Waals surface area (Å²) in [5, 5.41) is 9.86. The van der Waals surface area contributed by atoms with Crippen LogP contribution in [0.4, 0.5) is 0 Å². The van der Waals surface area contributed by atoms with Gasteiger partial charge in [0.25, 0.3) is 0 Å². The van der Waals surface area contributed by atoms with Crippen molar-refractivity contribution >= 4 is 12.0 Å². The maximum absolute atomic E-state index is 12.4. The summed E-state index contributed by atoms with van der Waals surface area (Å²) in [4.78, 5) is 12.4. The molecule has 0 aliphatic carbocycles. The minimum absolute atomic E-state index is 0.00674. The lowest BCUT2D eigenvalue weighted by molar-refractivity contribution is -0.128. The van der Waals surface area contributed by atoms with Crippen LogP contribution in [0.5, 0.6) is 23.0 Å². The summed E-state index contributed by atoms with van der Waals surface area (Å²) < 4.78 is 22.3. The highest BCUT2D eigenvalue weighted by Gasteiger charge is 2.31. The standard InChI is InChI=1S/C33H26N2O5/c1-37-25-12-7-22(8-13-25)9-18-31(36)39-27-16-17-28-30(19-27)40-33(35)29(20-34)32(28)24-10-14-26(15-11-24)38-21-23-5-3-2-4-6-23/h2-19,32H,21,35H2,1H3/b18-9+. The third kappa shape index (κ3) is 5.98. The molecule has 0 amide bonds. The van der Waals surface area contributed by atoms with Crippen LogP contribution in [0.3, 0.4) is 0 Å². The van der Waals surface area contributed by atoms with Crippen molar-refractivity contribution < 1.29 is 23.7 Å². The molecule has 0 fully saturated rings. The lowest BCUT2D eigenvalue weighted by Gasteiger charge is -2.26. The highest BCUT2D eigenvalue weighted by Crippen LogP contribution is 2.43. The van der Waals surface area contributed by atoms with Gasteiger partial charge in [-0.1, -0.05) is 60.7 Å². The number of nitrogens with two attached hydrogens (primary N) is 1. The van der Waals surface area contributed by atoms with Crippen LogP contribution < -0.4 is 24.7 Å². The van der Waals surface area contributed by atoms with Gasteiger partial charge in [-0.05, 0) is 53.1 Å². The minimum atomic E-state index is -0.546. The zero-order valence-corrected chi connectivity index (χ0v) is 21.7. The number of ether oxygens (including phenoxy) is 4. The normalized spacial score (nSPS) is 14.2. The predicted octanol–water partition coefficient (Wildman–Crippen LogP) is 6.11. The fourth-order valence-corrected chi connectivity index (χ4v) is 4.37. The first kappa shape index (κ1) is 26.1. The molecule has 1 heterocycles. The SMILES string of the molecule is COc1ccc(/C=C/C(=O)Oc2ccc3c(c2)OC(N)=C(C#N)C3c2ccc(OCc3ccccc3)cc2)cc1. The molecule has 2 N–H and O–H groups in total. The van der Waals surface area contributed by atoms with E-state index >= 15 is 0 Å². The molecule has 0 aromatic heterocycles. The van der Waals surface area contributed by atoms with Gasteiger partial charge in [0.05, 0.1) is 13.0 Å². The van der Waals surface area contributed by atoms with E-state index in [0.717, 1.165) is 28.0 Å². The molecule has 0 saturated carbocycles. The fourth-order valence-electron chi connectivity index (χ4n) is 4.37. The van der Waals surface area contributed by atoms with Crippen molar-refractivity contribution in [1.82, 2.24) is 0 Å². The Morgan fingerprint density at radius 2 is 1.65 bits per heavy atom. The Bertz CT molecular complexity index is 1600. The predicted molar refractivity (Wildman–Crippen MR) is 151 cm³/mol. The summed E-state index contributed by atoms with van der Waals surface area (Å²) in [7, 11) is 1.59. The number of hydrogen-bond acceptors (Lipinski definition) is 7. The first-order valence-corrected chi connectivity index (χ1v) is 12.6. The molecule has 4 aromatic rings. The van der Waals surface area contributed by atoms with Gasteiger partial charge in [-0.2, -0.15) is 5.26 Å². The minimum Gasteiger partial charge on any atom is -0.497 e. The van der Waals surface area contributed by atoms with Crippen LogP contribution in [-0.4, -0.2) is 13.1 Å². The second-order valence-electron chi connectivity index (χ2n) is 9.00. The molecule has 4 aromatic carbocycles. The van der Waals surface area contributed by atoms with E-state index in [1.165, 1.54) is 6.08 Å². The highest BCUT2D eigenvalue weighted by molar-refractivity contribution is 5.88. The van der Waals surface area contributed by atoms with Crippen molar-refractivity contribution in [3.05, 3.63) is 137 Å². The maximum atomic E-state index is 12.4. The van der Waals surface area contributed by atoms with Gasteiger partial charge in [0, 0.05) is 17.7 Å². The van der Waals surface area contributed by atoms with Gasteiger partial charge >= 0.3 is 5.97 Å². The van der Waals surface area contributed by atoms with E-state index in [2.05, 4.69) is 6.07 Å². The van der Waals surface area contributed by atoms with E-state index in [1.54, 1.807) is 43.5 Å². The van der Waals surface area contributed by atoms with Crippen LogP contribution >= 0.6 is 0 Å². The van der Waals surface area contributed by atoms with Crippen LogP contribution in [0, 0.1) is 11.3 Å². The van der Waals surface area contributed by atoms with E-state index in [-0.39, 0.29) is 5.88 Å². The molecule has 1 atom stereocenters. The van der Waals surface area contributed by atoms with Crippen molar-refractivity contribution in [2.45, 2.75) is 12.5 Å². The Morgan fingerprint density at radius 1 is 0.950 bits per heavy atom. The average Bonchev–Trinajstić information content (AvgIpc) is 2.99. The molecule has 0 spiro atoms. The number of carbonyl (C=O) groups excluding carboxylic acids is 1. The van der Waals surface area contributed by atoms with E-state index in [9.17, 15) is 10.1 Å². The number of fused-ring (bicyclic) bond motifs is 1. The lowest BCUT2D eigenvalue weighted by atomic mass is 9.83. The van der Waals surface area contributed by atoms with Crippen molar-refractivity contribution in [3.8, 4) is 29.1 Å². The van der Waals surface area contributed by atoms with Crippen LogP contribution in [-0.2, 0) is 11.4 Å². The van der Waals surface area contributed by atoms with E-state index in [0.29, 0.717) is 29.4 Å². The number of allylic oxidation sites excluding steroid dienone is 1. The summed E-state index contributed by atoms with van der Waals surface area (Å²) in [6.07, 6.45) is 2.99. The number of nitriles is 1. The molecule has 0 bridgehead atoms. The zero-order valence-electron chi connectivity index (χ0n) is 21.7. The van der Waals surface area contributed by atoms with Crippen molar-refractivity contribution in [3.63, 3.8) is 0 Å². The van der Waals surface area contributed by atoms with E-state index < -0.39 is 11.9 Å². The van der Waals surface area contributed by atoms with Gasteiger partial charge in [0.1, 0.15) is 41.2 Å². The van der Waals surface area contributed by atoms with Crippen LogP contribution in [0.25, 0.3) is 6.08 Å². The highest BCUT2D eigenvalue weighted by atomic mass is 16.5. The average molecular weight is 531 g/mol. The van der Waals surface area contributed by atoms with Crippen LogP contribution in [0.15, 0.2) is 115 Å². The molecule has 0 saturated heterocycles. The molecule has 1 aliphatic rings. The third-order valence-electron chi connectivity index (χ3n) is 6.40. The number of benzene rings is 4. The number of carbonyl (C=O) groups is 1. The summed E-state index contributed by atoms with van der Waals surface area (Å²) in [6, 6.07) is 32.0. The van der Waals surface area contributed by atoms with E-state index in [4.69, 9.17) is 24.7 Å². The van der Waals surface area contributed by atoms with Gasteiger partial charge in [0.2, 0.25) is 5.88 Å². The maximum Gasteiger partial charge on any atom is 0.336 e. The Labute approximate surface area is 232 Å². The summed E-state index contributed by atoms with van der Waals surface area (Å²) >= 11 is 0. The molecule has 7 heteroatoms. The topological polar surface area (TPSA) is 104 Å². The molecule has 1 unspecified atom stereocenters. The largest absolute Gasteiger partial charge is 0.497 e. The molecule has 7 nitrogen and oxygen atoms in total. The summed E-state index contributed by atoms with van der Waals surface area (Å²) in [5.41, 5.74) is 9.92. The first-order chi connectivity index (χ1) is 19.5. The van der Waals surface area contributed by atoms with Gasteiger partial charge in [-0.15, -0.1) is 0 Å². The lowest BCUT2D eigenvalue weighted by Crippen LogP contribution is -2.21. The number of rotatable bonds is 8. The molecule has 0 radical (unpaired) electrons. The first-order valence-electron chi connectivity index (χ1n) is 12.6. The number of esters is 1. The second-order valence-corrected chi connectivity index (χ2v) is 9.00. The van der Waals surface area contributed by atoms with Gasteiger partial charge < -0.3 is 24.7 Å². The Morgan fingerprint density at radius 3 is 2.35 bits per heavy atom. The Kier molecular flexibility index (Phi) is 7.79. The van der Waals surface area contributed by atoms with E-state index in [1.807, 2.05) is 66.7 Å². The summed E-state index contributed by atoms with van der Waals surface area (Å²) in [6.45, 7) is 0.452. The fraction of sp³-hybridized carbons (Fsp3) is 0.0909. The van der Waals surface area contributed by atoms with Gasteiger partial charge in [-0.25, -0.2) is 4.79 Å².